The SMILES string of the molecule is CCCNC(=O)[C@H](CC)N(Cc1ccc(C)cc1)C(=O)CN(c1cc(C(F)(F)F)ccc1Cl)S(C)(=O)=O. The number of nitrogens with zero attached hydrogens (tertiary/aromatic N) is 2. The molecular formula is C25H31ClF3N3O4S. The predicted octanol–water partition coefficient (Wildman–Crippen LogP) is 4.77. The summed E-state index contributed by atoms with van der Waals surface area (Å²) in [5, 5.41) is 2.48. The van der Waals surface area contributed by atoms with E-state index in [0.717, 1.165) is 24.0 Å². The Morgan fingerprint density at radius 3 is 2.22 bits per heavy atom. The minimum atomic E-state index is -4.76. The van der Waals surface area contributed by atoms with Gasteiger partial charge in [0.15, 0.2) is 0 Å². The first-order valence-corrected chi connectivity index (χ1v) is 13.9. The molecule has 0 spiro atoms. The maximum absolute atomic E-state index is 13.6. The molecule has 7 nitrogen and oxygen atoms in total. The van der Waals surface area contributed by atoms with Gasteiger partial charge < -0.3 is 10.2 Å². The largest absolute Gasteiger partial charge is 0.416 e. The van der Waals surface area contributed by atoms with Crippen molar-refractivity contribution in [3.63, 3.8) is 0 Å². The number of carbonyl (C=O) groups is 2. The number of sulfonamides is 1. The van der Waals surface area contributed by atoms with Crippen molar-refractivity contribution in [1.82, 2.24) is 10.2 Å². The molecule has 1 atom stereocenters. The van der Waals surface area contributed by atoms with Gasteiger partial charge >= 0.3 is 6.18 Å². The molecule has 0 bridgehead atoms. The fourth-order valence-electron chi connectivity index (χ4n) is 3.65. The molecule has 2 aromatic carbocycles. The molecule has 0 saturated carbocycles. The van der Waals surface area contributed by atoms with Gasteiger partial charge in [0.25, 0.3) is 0 Å². The molecule has 37 heavy (non-hydrogen) atoms. The third-order valence-electron chi connectivity index (χ3n) is 5.63. The number of rotatable bonds is 11. The van der Waals surface area contributed by atoms with Crippen LogP contribution in [0.25, 0.3) is 0 Å². The second-order valence-corrected chi connectivity index (χ2v) is 11.0. The van der Waals surface area contributed by atoms with Gasteiger partial charge in [-0.15, -0.1) is 0 Å². The fourth-order valence-corrected chi connectivity index (χ4v) is 4.77. The van der Waals surface area contributed by atoms with Crippen molar-refractivity contribution >= 4 is 39.1 Å². The fraction of sp³-hybridized carbons (Fsp3) is 0.440. The lowest BCUT2D eigenvalue weighted by Crippen LogP contribution is -2.52. The Labute approximate surface area is 220 Å². The first-order valence-electron chi connectivity index (χ1n) is 11.7. The van der Waals surface area contributed by atoms with Crippen LogP contribution in [-0.4, -0.2) is 50.5 Å². The minimum absolute atomic E-state index is 0.00884. The van der Waals surface area contributed by atoms with Crippen molar-refractivity contribution in [2.24, 2.45) is 0 Å². The number of carbonyl (C=O) groups excluding carboxylic acids is 2. The summed E-state index contributed by atoms with van der Waals surface area (Å²) in [5.74, 6) is -1.18. The van der Waals surface area contributed by atoms with Crippen LogP contribution in [0.2, 0.25) is 5.02 Å². The van der Waals surface area contributed by atoms with Crippen LogP contribution < -0.4 is 9.62 Å². The third kappa shape index (κ3) is 8.36. The van der Waals surface area contributed by atoms with Crippen LogP contribution in [0.5, 0.6) is 0 Å². The van der Waals surface area contributed by atoms with E-state index in [1.807, 2.05) is 26.0 Å². The minimum Gasteiger partial charge on any atom is -0.354 e. The molecule has 1 N–H and O–H groups in total. The van der Waals surface area contributed by atoms with Gasteiger partial charge in [0, 0.05) is 13.1 Å². The van der Waals surface area contributed by atoms with Crippen molar-refractivity contribution in [2.75, 3.05) is 23.7 Å². The van der Waals surface area contributed by atoms with Gasteiger partial charge in [-0.25, -0.2) is 8.42 Å². The average molecular weight is 562 g/mol. The van der Waals surface area contributed by atoms with E-state index >= 15 is 0 Å². The number of hydrogen-bond donors (Lipinski definition) is 1. The van der Waals surface area contributed by atoms with Gasteiger partial charge in [-0.2, -0.15) is 13.2 Å². The average Bonchev–Trinajstić information content (AvgIpc) is 2.81. The summed E-state index contributed by atoms with van der Waals surface area (Å²) in [7, 11) is -4.24. The number of amides is 2. The Morgan fingerprint density at radius 1 is 1.08 bits per heavy atom. The Kier molecular flexibility index (Phi) is 10.4. The van der Waals surface area contributed by atoms with Crippen molar-refractivity contribution in [3.8, 4) is 0 Å². The number of anilines is 1. The maximum Gasteiger partial charge on any atom is 0.416 e. The molecule has 0 aromatic heterocycles. The summed E-state index contributed by atoms with van der Waals surface area (Å²) in [4.78, 5) is 27.7. The smallest absolute Gasteiger partial charge is 0.354 e. The Morgan fingerprint density at radius 2 is 1.70 bits per heavy atom. The molecule has 0 saturated heterocycles. The molecule has 2 aromatic rings. The molecule has 0 unspecified atom stereocenters. The summed E-state index contributed by atoms with van der Waals surface area (Å²) in [6, 6.07) is 8.55. The number of hydrogen-bond acceptors (Lipinski definition) is 4. The molecule has 0 aliphatic carbocycles. The summed E-state index contributed by atoms with van der Waals surface area (Å²) in [6.45, 7) is 5.01. The highest BCUT2D eigenvalue weighted by atomic mass is 35.5. The molecule has 0 radical (unpaired) electrons. The third-order valence-corrected chi connectivity index (χ3v) is 7.08. The van der Waals surface area contributed by atoms with E-state index < -0.39 is 51.9 Å². The van der Waals surface area contributed by atoms with Crippen LogP contribution in [0.3, 0.4) is 0 Å². The van der Waals surface area contributed by atoms with Crippen molar-refractivity contribution < 1.29 is 31.2 Å². The Hall–Kier alpha value is -2.79. The van der Waals surface area contributed by atoms with Crippen molar-refractivity contribution in [1.29, 1.82) is 0 Å². The number of nitrogens with one attached hydrogen (secondary N) is 1. The monoisotopic (exact) mass is 561 g/mol. The number of alkyl halides is 3. The molecule has 0 fully saturated rings. The lowest BCUT2D eigenvalue weighted by Gasteiger charge is -2.33. The van der Waals surface area contributed by atoms with E-state index in [2.05, 4.69) is 5.32 Å². The van der Waals surface area contributed by atoms with Gasteiger partial charge in [-0.05, 0) is 43.5 Å². The van der Waals surface area contributed by atoms with E-state index in [1.54, 1.807) is 19.1 Å². The molecule has 12 heteroatoms. The highest BCUT2D eigenvalue weighted by Crippen LogP contribution is 2.36. The second kappa shape index (κ2) is 12.6. The number of aryl methyl sites for hydroxylation is 1. The summed E-state index contributed by atoms with van der Waals surface area (Å²) >= 11 is 6.09. The van der Waals surface area contributed by atoms with Gasteiger partial charge in [0.05, 0.1) is 22.5 Å². The normalized spacial score (nSPS) is 12.6. The summed E-state index contributed by atoms with van der Waals surface area (Å²) in [6.07, 6.45) is -3.08. The van der Waals surface area contributed by atoms with Crippen molar-refractivity contribution in [3.05, 3.63) is 64.2 Å². The number of benzene rings is 2. The molecule has 0 aliphatic heterocycles. The summed E-state index contributed by atoms with van der Waals surface area (Å²) < 4.78 is 65.8. The predicted molar refractivity (Wildman–Crippen MR) is 138 cm³/mol. The topological polar surface area (TPSA) is 86.8 Å². The van der Waals surface area contributed by atoms with Gasteiger partial charge in [0.1, 0.15) is 12.6 Å². The van der Waals surface area contributed by atoms with Crippen LogP contribution in [0, 0.1) is 6.92 Å². The zero-order valence-corrected chi connectivity index (χ0v) is 22.7. The van der Waals surface area contributed by atoms with Crippen LogP contribution in [-0.2, 0) is 32.3 Å². The molecule has 0 aliphatic rings. The zero-order chi connectivity index (χ0) is 28.0. The lowest BCUT2D eigenvalue weighted by molar-refractivity contribution is -0.140. The van der Waals surface area contributed by atoms with Gasteiger partial charge in [-0.1, -0.05) is 55.3 Å². The lowest BCUT2D eigenvalue weighted by atomic mass is 10.1. The number of halogens is 4. The van der Waals surface area contributed by atoms with Gasteiger partial charge in [-0.3, -0.25) is 13.9 Å². The molecule has 2 rings (SSSR count). The molecule has 2 amide bonds. The molecule has 0 heterocycles. The van der Waals surface area contributed by atoms with Crippen LogP contribution >= 0.6 is 11.6 Å². The zero-order valence-electron chi connectivity index (χ0n) is 21.1. The molecule has 204 valence electrons. The Balaban J connectivity index is 2.52. The summed E-state index contributed by atoms with van der Waals surface area (Å²) in [5.41, 5.74) is 0.0847. The van der Waals surface area contributed by atoms with E-state index in [9.17, 15) is 31.2 Å². The van der Waals surface area contributed by atoms with E-state index in [1.165, 1.54) is 4.90 Å². The Bertz CT molecular complexity index is 1200. The quantitative estimate of drug-likeness (QED) is 0.428. The van der Waals surface area contributed by atoms with Gasteiger partial charge in [0.2, 0.25) is 21.8 Å². The van der Waals surface area contributed by atoms with E-state index in [-0.39, 0.29) is 18.0 Å². The second-order valence-electron chi connectivity index (χ2n) is 8.66. The van der Waals surface area contributed by atoms with Crippen molar-refractivity contribution in [2.45, 2.75) is 52.4 Å². The molecular weight excluding hydrogens is 531 g/mol. The van der Waals surface area contributed by atoms with Crippen LogP contribution in [0.15, 0.2) is 42.5 Å². The first kappa shape index (κ1) is 30.4. The highest BCUT2D eigenvalue weighted by molar-refractivity contribution is 7.92. The highest BCUT2D eigenvalue weighted by Gasteiger charge is 2.35. The first-order chi connectivity index (χ1) is 17.2. The van der Waals surface area contributed by atoms with E-state index in [0.29, 0.717) is 28.9 Å². The standard InChI is InChI=1S/C25H31ClF3N3O4S/c1-5-13-30-24(34)21(6-2)31(15-18-9-7-17(3)8-10-18)23(33)16-32(37(4,35)36)22-14-19(25(27,28)29)11-12-20(22)26/h7-12,14,21H,5-6,13,15-16H2,1-4H3,(H,30,34)/t21-/m0/s1. The van der Waals surface area contributed by atoms with Crippen LogP contribution in [0.1, 0.15) is 43.4 Å². The van der Waals surface area contributed by atoms with Crippen LogP contribution in [0.4, 0.5) is 18.9 Å². The van der Waals surface area contributed by atoms with E-state index in [4.69, 9.17) is 11.6 Å². The maximum atomic E-state index is 13.6.